The molecule has 0 amide bonds. The summed E-state index contributed by atoms with van der Waals surface area (Å²) in [6.07, 6.45) is -9.38. The van der Waals surface area contributed by atoms with E-state index in [-0.39, 0.29) is 37.6 Å². The minimum Gasteiger partial charge on any atom is -0.475 e. The third kappa shape index (κ3) is 7.88. The molecule has 0 radical (unpaired) electrons. The first-order chi connectivity index (χ1) is 16.7. The summed E-state index contributed by atoms with van der Waals surface area (Å²) in [6.45, 7) is 4.28. The average Bonchev–Trinajstić information content (AvgIpc) is 2.75. The lowest BCUT2D eigenvalue weighted by atomic mass is 9.96. The van der Waals surface area contributed by atoms with E-state index in [1.165, 1.54) is 6.07 Å². The second-order valence-electron chi connectivity index (χ2n) is 7.73. The molecule has 15 heteroatoms. The zero-order chi connectivity index (χ0) is 27.2. The Kier molecular flexibility index (Phi) is 9.76. The smallest absolute Gasteiger partial charge is 0.475 e. The number of ether oxygens (including phenoxy) is 4. The van der Waals surface area contributed by atoms with Crippen LogP contribution in [0.5, 0.6) is 5.75 Å². The van der Waals surface area contributed by atoms with E-state index >= 15 is 0 Å². The van der Waals surface area contributed by atoms with Gasteiger partial charge in [0, 0.05) is 30.6 Å². The Morgan fingerprint density at radius 1 is 1.25 bits per heavy atom. The van der Waals surface area contributed by atoms with Crippen LogP contribution in [0.3, 0.4) is 0 Å². The number of hydrogen-bond donors (Lipinski definition) is 0. The third-order valence-corrected chi connectivity index (χ3v) is 5.53. The molecule has 1 aromatic rings. The van der Waals surface area contributed by atoms with E-state index in [0.29, 0.717) is 16.1 Å². The molecule has 0 N–H and O–H groups in total. The summed E-state index contributed by atoms with van der Waals surface area (Å²) < 4.78 is 60.4. The Labute approximate surface area is 208 Å². The highest BCUT2D eigenvalue weighted by Crippen LogP contribution is 2.41. The van der Waals surface area contributed by atoms with Crippen LogP contribution in [0.25, 0.3) is 6.08 Å². The van der Waals surface area contributed by atoms with Crippen molar-refractivity contribution in [1.82, 2.24) is 4.90 Å². The first-order valence-electron chi connectivity index (χ1n) is 10.5. The van der Waals surface area contributed by atoms with Gasteiger partial charge in [-0.15, -0.1) is 10.1 Å². The Morgan fingerprint density at radius 3 is 2.50 bits per heavy atom. The molecule has 0 saturated carbocycles. The molecule has 2 rings (SSSR count). The van der Waals surface area contributed by atoms with Gasteiger partial charge in [-0.2, -0.15) is 13.2 Å². The molecular weight excluding hydrogens is 517 g/mol. The minimum absolute atomic E-state index is 0.0870. The summed E-state index contributed by atoms with van der Waals surface area (Å²) in [5, 5.41) is 9.47. The number of carbonyl (C=O) groups excluding carboxylic acids is 2. The van der Waals surface area contributed by atoms with Crippen LogP contribution in [0.2, 0.25) is 5.02 Å². The van der Waals surface area contributed by atoms with Gasteiger partial charge >= 0.3 is 18.3 Å². The van der Waals surface area contributed by atoms with E-state index in [1.807, 2.05) is 0 Å². The number of alkyl halides is 3. The van der Waals surface area contributed by atoms with Crippen LogP contribution >= 0.6 is 11.6 Å². The predicted octanol–water partition coefficient (Wildman–Crippen LogP) is 3.85. The van der Waals surface area contributed by atoms with Gasteiger partial charge in [0.1, 0.15) is 19.0 Å². The van der Waals surface area contributed by atoms with Gasteiger partial charge in [0.2, 0.25) is 12.4 Å². The molecule has 1 aliphatic rings. The number of hydrogen-bond acceptors (Lipinski definition) is 10. The number of benzene rings is 1. The lowest BCUT2D eigenvalue weighted by molar-refractivity contribution is -0.757. The van der Waals surface area contributed by atoms with E-state index < -0.39 is 41.4 Å². The Balaban J connectivity index is 1.99. The van der Waals surface area contributed by atoms with Gasteiger partial charge in [0.25, 0.3) is 5.09 Å². The molecule has 1 aliphatic heterocycles. The monoisotopic (exact) mass is 540 g/mol. The van der Waals surface area contributed by atoms with Crippen LogP contribution in [0.4, 0.5) is 18.0 Å². The van der Waals surface area contributed by atoms with Gasteiger partial charge < -0.3 is 28.7 Å². The zero-order valence-electron chi connectivity index (χ0n) is 19.7. The molecule has 0 fully saturated rings. The fourth-order valence-corrected chi connectivity index (χ4v) is 3.28. The van der Waals surface area contributed by atoms with E-state index in [9.17, 15) is 32.9 Å². The van der Waals surface area contributed by atoms with Gasteiger partial charge in [0.15, 0.2) is 0 Å². The van der Waals surface area contributed by atoms with Gasteiger partial charge in [-0.3, -0.25) is 0 Å². The van der Waals surface area contributed by atoms with Crippen LogP contribution in [-0.4, -0.2) is 74.0 Å². The van der Waals surface area contributed by atoms with Crippen molar-refractivity contribution in [3.63, 3.8) is 0 Å². The van der Waals surface area contributed by atoms with Crippen molar-refractivity contribution in [2.75, 3.05) is 33.4 Å². The summed E-state index contributed by atoms with van der Waals surface area (Å²) in [6, 6.07) is 1.34. The maximum absolute atomic E-state index is 13.6. The van der Waals surface area contributed by atoms with E-state index in [0.717, 1.165) is 13.0 Å². The topological polar surface area (TPSA) is 127 Å². The molecule has 200 valence electrons. The second-order valence-corrected chi connectivity index (χ2v) is 8.11. The molecule has 1 unspecified atom stereocenters. The SMILES string of the molecule is Cc1cc2c(c(C)c1Cl)C=C(C(=O)OC(C)OC(=O)OCCN(C)CCO[N+](=O)[O-])[C@@H](C(F)(F)F)O2. The summed E-state index contributed by atoms with van der Waals surface area (Å²) in [4.78, 5) is 40.2. The number of rotatable bonds is 10. The molecule has 0 aliphatic carbocycles. The molecule has 0 aromatic heterocycles. The second kappa shape index (κ2) is 12.1. The number of aryl methyl sites for hydroxylation is 1. The molecular formula is C21H24ClF3N2O9. The molecule has 0 bridgehead atoms. The standard InChI is InChI=1S/C21H24ClF3N2O9/c1-11-9-16-14(12(2)17(11)22)10-15(18(36-16)21(23,24)25)19(28)34-13(3)35-20(29)32-7-5-26(4)6-8-33-27(30)31/h9-10,13,18H,5-8H2,1-4H3/t13?,18-/m0/s1. The van der Waals surface area contributed by atoms with Crippen LogP contribution < -0.4 is 4.74 Å². The first-order valence-corrected chi connectivity index (χ1v) is 10.8. The zero-order valence-corrected chi connectivity index (χ0v) is 20.5. The molecule has 1 heterocycles. The Bertz CT molecular complexity index is 1030. The number of fused-ring (bicyclic) bond motifs is 1. The number of esters is 1. The fraction of sp³-hybridized carbons (Fsp3) is 0.524. The molecule has 1 aromatic carbocycles. The van der Waals surface area contributed by atoms with Gasteiger partial charge in [-0.05, 0) is 44.2 Å². The van der Waals surface area contributed by atoms with Crippen LogP contribution in [0.1, 0.15) is 23.6 Å². The predicted molar refractivity (Wildman–Crippen MR) is 118 cm³/mol. The largest absolute Gasteiger partial charge is 0.511 e. The van der Waals surface area contributed by atoms with Crippen molar-refractivity contribution in [2.45, 2.75) is 39.3 Å². The molecule has 0 spiro atoms. The lowest BCUT2D eigenvalue weighted by Crippen LogP contribution is -2.41. The van der Waals surface area contributed by atoms with E-state index in [2.05, 4.69) is 4.84 Å². The summed E-state index contributed by atoms with van der Waals surface area (Å²) in [5.41, 5.74) is 0.268. The first kappa shape index (κ1) is 29.0. The number of carbonyl (C=O) groups is 2. The maximum Gasteiger partial charge on any atom is 0.511 e. The van der Waals surface area contributed by atoms with Crippen LogP contribution in [0, 0.1) is 24.0 Å². The quantitative estimate of drug-likeness (QED) is 0.187. The molecule has 11 nitrogen and oxygen atoms in total. The Hall–Kier alpha value is -3.26. The number of nitrogens with zero attached hydrogens (tertiary/aromatic N) is 2. The van der Waals surface area contributed by atoms with Crippen LogP contribution in [-0.2, 0) is 23.8 Å². The highest BCUT2D eigenvalue weighted by Gasteiger charge is 2.49. The van der Waals surface area contributed by atoms with Gasteiger partial charge in [-0.1, -0.05) is 11.6 Å². The fourth-order valence-electron chi connectivity index (χ4n) is 3.12. The third-order valence-electron chi connectivity index (χ3n) is 4.95. The highest BCUT2D eigenvalue weighted by molar-refractivity contribution is 6.32. The molecule has 2 atom stereocenters. The van der Waals surface area contributed by atoms with Crippen molar-refractivity contribution < 1.29 is 51.6 Å². The lowest BCUT2D eigenvalue weighted by Gasteiger charge is -2.29. The minimum atomic E-state index is -4.94. The van der Waals surface area contributed by atoms with Crippen molar-refractivity contribution in [1.29, 1.82) is 0 Å². The normalized spacial score (nSPS) is 15.8. The van der Waals surface area contributed by atoms with Crippen molar-refractivity contribution >= 4 is 29.8 Å². The van der Waals surface area contributed by atoms with Gasteiger partial charge in [0.05, 0.1) is 5.57 Å². The van der Waals surface area contributed by atoms with Crippen molar-refractivity contribution in [2.24, 2.45) is 0 Å². The summed E-state index contributed by atoms with van der Waals surface area (Å²) in [7, 11) is 1.59. The van der Waals surface area contributed by atoms with E-state index in [4.69, 9.17) is 30.5 Å². The molecule has 0 saturated heterocycles. The maximum atomic E-state index is 13.6. The number of likely N-dealkylation sites (N-methyl/N-ethyl adjacent to an activating group) is 1. The van der Waals surface area contributed by atoms with Gasteiger partial charge in [-0.25, -0.2) is 9.59 Å². The summed E-state index contributed by atoms with van der Waals surface area (Å²) >= 11 is 6.18. The van der Waals surface area contributed by atoms with E-state index in [1.54, 1.807) is 25.8 Å². The average molecular weight is 541 g/mol. The Morgan fingerprint density at radius 2 is 1.89 bits per heavy atom. The molecule has 36 heavy (non-hydrogen) atoms. The van der Waals surface area contributed by atoms with Crippen molar-refractivity contribution in [3.8, 4) is 5.75 Å². The van der Waals surface area contributed by atoms with Crippen LogP contribution in [0.15, 0.2) is 11.6 Å². The summed E-state index contributed by atoms with van der Waals surface area (Å²) in [5.74, 6) is -1.50. The highest BCUT2D eigenvalue weighted by atomic mass is 35.5. The number of halogens is 4. The van der Waals surface area contributed by atoms with Crippen molar-refractivity contribution in [3.05, 3.63) is 43.5 Å².